The van der Waals surface area contributed by atoms with Gasteiger partial charge in [-0.05, 0) is 19.3 Å². The Labute approximate surface area is 133 Å². The zero-order chi connectivity index (χ0) is 15.8. The molecule has 1 saturated carbocycles. The van der Waals surface area contributed by atoms with Crippen LogP contribution in [0.2, 0.25) is 0 Å². The maximum absolute atomic E-state index is 11.7. The van der Waals surface area contributed by atoms with E-state index >= 15 is 0 Å². The Balaban J connectivity index is 1.86. The van der Waals surface area contributed by atoms with Crippen molar-refractivity contribution >= 4 is 11.9 Å². The van der Waals surface area contributed by atoms with Crippen molar-refractivity contribution in [2.75, 3.05) is 40.4 Å². The number of carbonyl (C=O) groups excluding carboxylic acids is 1. The topological polar surface area (TPSA) is 66.0 Å². The average Bonchev–Trinajstić information content (AvgIpc) is 3.04. The molecule has 1 unspecified atom stereocenters. The summed E-state index contributed by atoms with van der Waals surface area (Å²) < 4.78 is 5.41. The molecule has 2 N–H and O–H groups in total. The highest BCUT2D eigenvalue weighted by atomic mass is 16.5. The molecule has 126 valence electrons. The Morgan fingerprint density at radius 1 is 1.23 bits per heavy atom. The van der Waals surface area contributed by atoms with Crippen LogP contribution in [0.3, 0.4) is 0 Å². The summed E-state index contributed by atoms with van der Waals surface area (Å²) in [6, 6.07) is 0.481. The summed E-state index contributed by atoms with van der Waals surface area (Å²) in [4.78, 5) is 17.8. The summed E-state index contributed by atoms with van der Waals surface area (Å²) in [5.74, 6) is 1.34. The number of rotatable bonds is 5. The van der Waals surface area contributed by atoms with Crippen molar-refractivity contribution in [2.24, 2.45) is 10.9 Å². The number of carbonyl (C=O) groups is 1. The van der Waals surface area contributed by atoms with E-state index in [9.17, 15) is 4.79 Å². The van der Waals surface area contributed by atoms with Crippen molar-refractivity contribution in [1.82, 2.24) is 15.5 Å². The summed E-state index contributed by atoms with van der Waals surface area (Å²) in [6.07, 6.45) is 7.36. The van der Waals surface area contributed by atoms with Crippen molar-refractivity contribution in [1.29, 1.82) is 0 Å². The van der Waals surface area contributed by atoms with Gasteiger partial charge in [0, 0.05) is 39.2 Å². The van der Waals surface area contributed by atoms with E-state index in [2.05, 4.69) is 15.6 Å². The minimum absolute atomic E-state index is 0.0222. The number of hydrogen-bond donors (Lipinski definition) is 2. The number of nitrogens with zero attached hydrogens (tertiary/aromatic N) is 2. The van der Waals surface area contributed by atoms with Gasteiger partial charge in [-0.25, -0.2) is 4.99 Å². The quantitative estimate of drug-likeness (QED) is 0.587. The minimum atomic E-state index is 0.0222. The van der Waals surface area contributed by atoms with Gasteiger partial charge >= 0.3 is 0 Å². The molecule has 0 spiro atoms. The first-order chi connectivity index (χ1) is 10.6. The Morgan fingerprint density at radius 3 is 2.64 bits per heavy atom. The van der Waals surface area contributed by atoms with Crippen LogP contribution in [0.1, 0.15) is 38.5 Å². The molecule has 22 heavy (non-hydrogen) atoms. The molecule has 2 aliphatic rings. The van der Waals surface area contributed by atoms with Gasteiger partial charge in [-0.15, -0.1) is 0 Å². The molecule has 1 amide bonds. The largest absolute Gasteiger partial charge is 0.381 e. The van der Waals surface area contributed by atoms with Gasteiger partial charge in [0.2, 0.25) is 5.91 Å². The first-order valence-electron chi connectivity index (χ1n) is 8.48. The third-order valence-corrected chi connectivity index (χ3v) is 4.40. The first-order valence-corrected chi connectivity index (χ1v) is 8.48. The molecule has 0 aromatic heterocycles. The summed E-state index contributed by atoms with van der Waals surface area (Å²) >= 11 is 0. The third-order valence-electron chi connectivity index (χ3n) is 4.40. The van der Waals surface area contributed by atoms with Crippen molar-refractivity contribution in [3.63, 3.8) is 0 Å². The van der Waals surface area contributed by atoms with Gasteiger partial charge < -0.3 is 20.3 Å². The van der Waals surface area contributed by atoms with E-state index in [1.807, 2.05) is 0 Å². The fraction of sp³-hybridized carbons (Fsp3) is 0.875. The van der Waals surface area contributed by atoms with Crippen LogP contribution in [0.15, 0.2) is 4.99 Å². The van der Waals surface area contributed by atoms with Crippen LogP contribution in [0, 0.1) is 5.92 Å². The summed E-state index contributed by atoms with van der Waals surface area (Å²) in [6.45, 7) is 2.72. The monoisotopic (exact) mass is 310 g/mol. The molecule has 1 atom stereocenters. The van der Waals surface area contributed by atoms with Crippen LogP contribution in [0.25, 0.3) is 0 Å². The zero-order valence-corrected chi connectivity index (χ0v) is 13.9. The van der Waals surface area contributed by atoms with Gasteiger partial charge in [0.25, 0.3) is 0 Å². The predicted octanol–water partition coefficient (Wildman–Crippen LogP) is 0.979. The molecule has 0 radical (unpaired) electrons. The highest BCUT2D eigenvalue weighted by molar-refractivity contribution is 5.84. The molecule has 0 bridgehead atoms. The summed E-state index contributed by atoms with van der Waals surface area (Å²) in [5.41, 5.74) is 0. The van der Waals surface area contributed by atoms with E-state index in [-0.39, 0.29) is 12.5 Å². The molecule has 6 heteroatoms. The van der Waals surface area contributed by atoms with E-state index < -0.39 is 0 Å². The lowest BCUT2D eigenvalue weighted by Crippen LogP contribution is -2.46. The van der Waals surface area contributed by atoms with E-state index in [1.54, 1.807) is 19.0 Å². The Hall–Kier alpha value is -1.30. The highest BCUT2D eigenvalue weighted by Gasteiger charge is 2.18. The number of amides is 1. The van der Waals surface area contributed by atoms with Gasteiger partial charge in [-0.1, -0.05) is 19.3 Å². The summed E-state index contributed by atoms with van der Waals surface area (Å²) in [5, 5.41) is 6.89. The normalized spacial score (nSPS) is 23.4. The lowest BCUT2D eigenvalue weighted by atomic mass is 9.96. The number of ether oxygens (including phenoxy) is 1. The molecule has 1 aliphatic carbocycles. The fourth-order valence-electron chi connectivity index (χ4n) is 2.87. The van der Waals surface area contributed by atoms with E-state index in [0.29, 0.717) is 12.0 Å². The number of aliphatic imine (C=N–C) groups is 1. The molecule has 0 aromatic carbocycles. The first kappa shape index (κ1) is 17.1. The maximum atomic E-state index is 11.7. The van der Waals surface area contributed by atoms with Crippen molar-refractivity contribution in [2.45, 2.75) is 44.6 Å². The van der Waals surface area contributed by atoms with Gasteiger partial charge in [0.1, 0.15) is 6.54 Å². The van der Waals surface area contributed by atoms with E-state index in [1.165, 1.54) is 32.1 Å². The lowest BCUT2D eigenvalue weighted by Gasteiger charge is -2.25. The molecule has 1 heterocycles. The molecular weight excluding hydrogens is 280 g/mol. The Bertz CT molecular complexity index is 372. The Kier molecular flexibility index (Phi) is 6.96. The SMILES string of the molecule is CN(C)C(=O)CN=C(NCC1CCOC1)NC1CCCCC1. The van der Waals surface area contributed by atoms with Crippen molar-refractivity contribution < 1.29 is 9.53 Å². The number of guanidine groups is 1. The van der Waals surface area contributed by atoms with Crippen LogP contribution in [0.4, 0.5) is 0 Å². The van der Waals surface area contributed by atoms with Gasteiger partial charge in [0.05, 0.1) is 6.61 Å². The number of likely N-dealkylation sites (N-methyl/N-ethyl adjacent to an activating group) is 1. The molecule has 6 nitrogen and oxygen atoms in total. The molecule has 2 rings (SSSR count). The molecule has 2 fully saturated rings. The van der Waals surface area contributed by atoms with Crippen LogP contribution in [-0.4, -0.2) is 63.2 Å². The molecular formula is C16H30N4O2. The van der Waals surface area contributed by atoms with E-state index in [0.717, 1.165) is 32.1 Å². The standard InChI is InChI=1S/C16H30N4O2/c1-20(2)15(21)11-18-16(17-10-13-8-9-22-12-13)19-14-6-4-3-5-7-14/h13-14H,3-12H2,1-2H3,(H2,17,18,19). The van der Waals surface area contributed by atoms with E-state index in [4.69, 9.17) is 4.74 Å². The third kappa shape index (κ3) is 5.83. The lowest BCUT2D eigenvalue weighted by molar-refractivity contribution is -0.127. The fourth-order valence-corrected chi connectivity index (χ4v) is 2.87. The average molecular weight is 310 g/mol. The van der Waals surface area contributed by atoms with Crippen LogP contribution < -0.4 is 10.6 Å². The van der Waals surface area contributed by atoms with Crippen LogP contribution in [0.5, 0.6) is 0 Å². The van der Waals surface area contributed by atoms with Crippen molar-refractivity contribution in [3.05, 3.63) is 0 Å². The highest BCUT2D eigenvalue weighted by Crippen LogP contribution is 2.17. The maximum Gasteiger partial charge on any atom is 0.243 e. The van der Waals surface area contributed by atoms with Gasteiger partial charge in [-0.3, -0.25) is 4.79 Å². The van der Waals surface area contributed by atoms with Gasteiger partial charge in [0.15, 0.2) is 5.96 Å². The summed E-state index contributed by atoms with van der Waals surface area (Å²) in [7, 11) is 3.52. The van der Waals surface area contributed by atoms with Gasteiger partial charge in [-0.2, -0.15) is 0 Å². The second-order valence-electron chi connectivity index (χ2n) is 6.54. The number of nitrogens with one attached hydrogen (secondary N) is 2. The second kappa shape index (κ2) is 8.98. The number of hydrogen-bond acceptors (Lipinski definition) is 3. The molecule has 0 aromatic rings. The minimum Gasteiger partial charge on any atom is -0.381 e. The zero-order valence-electron chi connectivity index (χ0n) is 13.9. The molecule has 1 aliphatic heterocycles. The van der Waals surface area contributed by atoms with Crippen molar-refractivity contribution in [3.8, 4) is 0 Å². The smallest absolute Gasteiger partial charge is 0.243 e. The second-order valence-corrected chi connectivity index (χ2v) is 6.54. The van der Waals surface area contributed by atoms with Crippen LogP contribution in [-0.2, 0) is 9.53 Å². The predicted molar refractivity (Wildman–Crippen MR) is 87.9 cm³/mol. The molecule has 1 saturated heterocycles. The van der Waals surface area contributed by atoms with Crippen LogP contribution >= 0.6 is 0 Å². The Morgan fingerprint density at radius 2 is 2.00 bits per heavy atom.